The maximum Gasteiger partial charge on any atom is 0.244 e. The monoisotopic (exact) mass is 234 g/mol. The first-order valence-electron chi connectivity index (χ1n) is 6.08. The Hall–Kier alpha value is -1.49. The van der Waals surface area contributed by atoms with Gasteiger partial charge in [0.15, 0.2) is 0 Å². The molecule has 0 spiro atoms. The van der Waals surface area contributed by atoms with Crippen LogP contribution in [0, 0.1) is 0 Å². The number of amides is 1. The molecular weight excluding hydrogens is 216 g/mol. The quantitative estimate of drug-likeness (QED) is 0.825. The van der Waals surface area contributed by atoms with E-state index >= 15 is 0 Å². The van der Waals surface area contributed by atoms with Gasteiger partial charge in [-0.15, -0.1) is 0 Å². The molecule has 5 heteroatoms. The number of carbonyl (C=O) groups excluding carboxylic acids is 1. The molecule has 1 atom stereocenters. The van der Waals surface area contributed by atoms with Crippen molar-refractivity contribution >= 4 is 11.6 Å². The molecule has 2 heterocycles. The van der Waals surface area contributed by atoms with E-state index in [0.717, 1.165) is 32.2 Å². The number of hydrogen-bond donors (Lipinski definition) is 2. The van der Waals surface area contributed by atoms with Gasteiger partial charge in [0, 0.05) is 0 Å². The van der Waals surface area contributed by atoms with Crippen molar-refractivity contribution < 1.29 is 4.79 Å². The second kappa shape index (κ2) is 5.23. The van der Waals surface area contributed by atoms with Crippen LogP contribution in [-0.2, 0) is 4.79 Å². The number of carbonyl (C=O) groups is 1. The van der Waals surface area contributed by atoms with Gasteiger partial charge in [0.25, 0.3) is 0 Å². The summed E-state index contributed by atoms with van der Waals surface area (Å²) in [5.74, 6) is 0.0339. The first-order chi connectivity index (χ1) is 8.27. The van der Waals surface area contributed by atoms with E-state index in [1.165, 1.54) is 6.33 Å². The fourth-order valence-corrected chi connectivity index (χ4v) is 2.37. The summed E-state index contributed by atoms with van der Waals surface area (Å²) in [4.78, 5) is 20.1. The van der Waals surface area contributed by atoms with Gasteiger partial charge in [-0.05, 0) is 25.8 Å². The van der Waals surface area contributed by atoms with Gasteiger partial charge in [-0.25, -0.2) is 9.97 Å². The summed E-state index contributed by atoms with van der Waals surface area (Å²) in [6, 6.07) is 0. The zero-order valence-corrected chi connectivity index (χ0v) is 10.1. The highest BCUT2D eigenvalue weighted by Crippen LogP contribution is 2.26. The summed E-state index contributed by atoms with van der Waals surface area (Å²) >= 11 is 0. The lowest BCUT2D eigenvalue weighted by molar-refractivity contribution is -0.122. The number of rotatable bonds is 4. The molecule has 1 aromatic heterocycles. The average Bonchev–Trinajstić information content (AvgIpc) is 2.81. The molecular formula is C12H18N4O. The molecule has 0 aromatic carbocycles. The zero-order chi connectivity index (χ0) is 12.1. The molecule has 1 aromatic rings. The standard InChI is InChI=1S/C12H18N4O/c1-2-4-12(5-3-6-15-12)11(17)16-10-7-13-9-14-8-10/h7-9,15H,2-6H2,1H3,(H,16,17). The number of hydrogen-bond acceptors (Lipinski definition) is 4. The predicted molar refractivity (Wildman–Crippen MR) is 65.5 cm³/mol. The van der Waals surface area contributed by atoms with Gasteiger partial charge < -0.3 is 10.6 Å². The molecule has 1 saturated heterocycles. The molecule has 5 nitrogen and oxygen atoms in total. The summed E-state index contributed by atoms with van der Waals surface area (Å²) < 4.78 is 0. The van der Waals surface area contributed by atoms with Crippen molar-refractivity contribution in [2.24, 2.45) is 0 Å². The SMILES string of the molecule is CCCC1(C(=O)Nc2cncnc2)CCCN1. The summed E-state index contributed by atoms with van der Waals surface area (Å²) in [6.45, 7) is 3.01. The molecule has 2 N–H and O–H groups in total. The molecule has 2 rings (SSSR count). The molecule has 1 amide bonds. The highest BCUT2D eigenvalue weighted by Gasteiger charge is 2.39. The Kier molecular flexibility index (Phi) is 3.68. The minimum Gasteiger partial charge on any atom is -0.322 e. The molecule has 1 aliphatic heterocycles. The first kappa shape index (κ1) is 12.0. The second-order valence-corrected chi connectivity index (χ2v) is 4.44. The van der Waals surface area contributed by atoms with Gasteiger partial charge in [-0.2, -0.15) is 0 Å². The largest absolute Gasteiger partial charge is 0.322 e. The lowest BCUT2D eigenvalue weighted by Gasteiger charge is -2.27. The molecule has 1 aliphatic rings. The fraction of sp³-hybridized carbons (Fsp3) is 0.583. The minimum absolute atomic E-state index is 0.0339. The molecule has 0 saturated carbocycles. The van der Waals surface area contributed by atoms with E-state index in [-0.39, 0.29) is 5.91 Å². The lowest BCUT2D eigenvalue weighted by Crippen LogP contribution is -2.50. The van der Waals surface area contributed by atoms with E-state index in [2.05, 4.69) is 27.5 Å². The first-order valence-corrected chi connectivity index (χ1v) is 6.08. The van der Waals surface area contributed by atoms with Crippen LogP contribution < -0.4 is 10.6 Å². The van der Waals surface area contributed by atoms with Gasteiger partial charge in [0.05, 0.1) is 23.6 Å². The fourth-order valence-electron chi connectivity index (χ4n) is 2.37. The van der Waals surface area contributed by atoms with Gasteiger partial charge in [0.2, 0.25) is 5.91 Å². The van der Waals surface area contributed by atoms with Crippen molar-refractivity contribution in [2.75, 3.05) is 11.9 Å². The molecule has 0 aliphatic carbocycles. The van der Waals surface area contributed by atoms with Gasteiger partial charge >= 0.3 is 0 Å². The summed E-state index contributed by atoms with van der Waals surface area (Å²) in [7, 11) is 0. The third-order valence-corrected chi connectivity index (χ3v) is 3.17. The lowest BCUT2D eigenvalue weighted by atomic mass is 9.91. The van der Waals surface area contributed by atoms with Crippen LogP contribution in [0.3, 0.4) is 0 Å². The minimum atomic E-state index is -0.398. The Morgan fingerprint density at radius 1 is 1.53 bits per heavy atom. The average molecular weight is 234 g/mol. The summed E-state index contributed by atoms with van der Waals surface area (Å²) in [5, 5.41) is 6.22. The topological polar surface area (TPSA) is 66.9 Å². The maximum atomic E-state index is 12.3. The number of aromatic nitrogens is 2. The van der Waals surface area contributed by atoms with Gasteiger partial charge in [-0.3, -0.25) is 4.79 Å². The molecule has 1 fully saturated rings. The van der Waals surface area contributed by atoms with Crippen LogP contribution in [0.2, 0.25) is 0 Å². The number of anilines is 1. The van der Waals surface area contributed by atoms with Crippen LogP contribution in [0.15, 0.2) is 18.7 Å². The van der Waals surface area contributed by atoms with E-state index in [0.29, 0.717) is 5.69 Å². The van der Waals surface area contributed by atoms with Crippen molar-refractivity contribution in [1.82, 2.24) is 15.3 Å². The Labute approximate surface area is 101 Å². The molecule has 0 radical (unpaired) electrons. The Balaban J connectivity index is 2.07. The van der Waals surface area contributed by atoms with Gasteiger partial charge in [-0.1, -0.05) is 13.3 Å². The van der Waals surface area contributed by atoms with Crippen LogP contribution in [0.1, 0.15) is 32.6 Å². The third kappa shape index (κ3) is 2.61. The van der Waals surface area contributed by atoms with Crippen molar-refractivity contribution in [1.29, 1.82) is 0 Å². The molecule has 1 unspecified atom stereocenters. The van der Waals surface area contributed by atoms with Crippen molar-refractivity contribution in [3.8, 4) is 0 Å². The number of nitrogens with zero attached hydrogens (tertiary/aromatic N) is 2. The van der Waals surface area contributed by atoms with E-state index < -0.39 is 5.54 Å². The third-order valence-electron chi connectivity index (χ3n) is 3.17. The van der Waals surface area contributed by atoms with E-state index in [9.17, 15) is 4.79 Å². The molecule has 17 heavy (non-hydrogen) atoms. The van der Waals surface area contributed by atoms with E-state index in [1.807, 2.05) is 0 Å². The normalized spacial score (nSPS) is 23.6. The van der Waals surface area contributed by atoms with E-state index in [1.54, 1.807) is 12.4 Å². The van der Waals surface area contributed by atoms with Crippen molar-refractivity contribution in [3.63, 3.8) is 0 Å². The zero-order valence-electron chi connectivity index (χ0n) is 10.1. The van der Waals surface area contributed by atoms with Crippen molar-refractivity contribution in [2.45, 2.75) is 38.1 Å². The Morgan fingerprint density at radius 2 is 2.29 bits per heavy atom. The van der Waals surface area contributed by atoms with Crippen LogP contribution >= 0.6 is 0 Å². The van der Waals surface area contributed by atoms with Crippen LogP contribution in [0.5, 0.6) is 0 Å². The van der Waals surface area contributed by atoms with Crippen LogP contribution in [0.25, 0.3) is 0 Å². The molecule has 0 bridgehead atoms. The number of nitrogens with one attached hydrogen (secondary N) is 2. The van der Waals surface area contributed by atoms with Crippen molar-refractivity contribution in [3.05, 3.63) is 18.7 Å². The second-order valence-electron chi connectivity index (χ2n) is 4.44. The van der Waals surface area contributed by atoms with Crippen LogP contribution in [-0.4, -0.2) is 28.0 Å². The highest BCUT2D eigenvalue weighted by atomic mass is 16.2. The van der Waals surface area contributed by atoms with E-state index in [4.69, 9.17) is 0 Å². The predicted octanol–water partition coefficient (Wildman–Crippen LogP) is 1.34. The summed E-state index contributed by atoms with van der Waals surface area (Å²) in [6.07, 6.45) is 8.49. The summed E-state index contributed by atoms with van der Waals surface area (Å²) in [5.41, 5.74) is 0.256. The smallest absolute Gasteiger partial charge is 0.244 e. The maximum absolute atomic E-state index is 12.3. The van der Waals surface area contributed by atoms with Gasteiger partial charge in [0.1, 0.15) is 6.33 Å². The Morgan fingerprint density at radius 3 is 2.88 bits per heavy atom. The highest BCUT2D eigenvalue weighted by molar-refractivity contribution is 5.98. The Bertz CT molecular complexity index is 373. The van der Waals surface area contributed by atoms with Crippen LogP contribution in [0.4, 0.5) is 5.69 Å². The molecule has 92 valence electrons.